The molecule has 0 radical (unpaired) electrons. The first kappa shape index (κ1) is 20.6. The van der Waals surface area contributed by atoms with Crippen LogP contribution in [0.3, 0.4) is 0 Å². The summed E-state index contributed by atoms with van der Waals surface area (Å²) in [6, 6.07) is 0. The maximum absolute atomic E-state index is 12.4. The molecule has 5 heteroatoms. The summed E-state index contributed by atoms with van der Waals surface area (Å²) in [5.74, 6) is 0.125. The van der Waals surface area contributed by atoms with Gasteiger partial charge in [0.1, 0.15) is 6.79 Å². The van der Waals surface area contributed by atoms with E-state index in [0.29, 0.717) is 6.42 Å². The highest BCUT2D eigenvalue weighted by Crippen LogP contribution is 2.46. The highest BCUT2D eigenvalue weighted by molar-refractivity contribution is 6.74. The van der Waals surface area contributed by atoms with E-state index in [4.69, 9.17) is 13.9 Å². The summed E-state index contributed by atoms with van der Waals surface area (Å²) in [5, 5.41) is 0.122. The smallest absolute Gasteiger partial charge is 0.192 e. The zero-order valence-electron chi connectivity index (χ0n) is 16.3. The summed E-state index contributed by atoms with van der Waals surface area (Å²) >= 11 is 0. The van der Waals surface area contributed by atoms with Crippen molar-refractivity contribution in [2.24, 2.45) is 5.41 Å². The Morgan fingerprint density at radius 2 is 1.87 bits per heavy atom. The molecule has 1 aliphatic rings. The first-order chi connectivity index (χ1) is 10.4. The molecule has 0 aromatic carbocycles. The van der Waals surface area contributed by atoms with E-state index in [-0.39, 0.29) is 35.2 Å². The van der Waals surface area contributed by atoms with Crippen molar-refractivity contribution in [2.75, 3.05) is 13.9 Å². The standard InChI is InChI=1S/C18H34O4Si/c1-10-14(19)13-11-15(22-23(8,9)17(2,3)4)18(5,6)16(13)21-12-20-7/h11,15-16H,10,12H2,1-9H3/t15-,16-/m0/s1. The van der Waals surface area contributed by atoms with Crippen LogP contribution in [0.25, 0.3) is 0 Å². The second-order valence-corrected chi connectivity index (χ2v) is 13.2. The van der Waals surface area contributed by atoms with Crippen molar-refractivity contribution in [1.29, 1.82) is 0 Å². The lowest BCUT2D eigenvalue weighted by atomic mass is 9.83. The second-order valence-electron chi connectivity index (χ2n) is 8.47. The molecule has 1 aliphatic carbocycles. The Hall–Kier alpha value is -0.493. The fourth-order valence-electron chi connectivity index (χ4n) is 2.58. The van der Waals surface area contributed by atoms with Gasteiger partial charge in [0.2, 0.25) is 0 Å². The summed E-state index contributed by atoms with van der Waals surface area (Å²) in [6.07, 6.45) is 2.06. The maximum Gasteiger partial charge on any atom is 0.192 e. The molecule has 134 valence electrons. The van der Waals surface area contributed by atoms with Gasteiger partial charge in [-0.15, -0.1) is 0 Å². The minimum atomic E-state index is -1.94. The third kappa shape index (κ3) is 4.32. The molecule has 0 N–H and O–H groups in total. The van der Waals surface area contributed by atoms with E-state index in [1.54, 1.807) is 7.11 Å². The number of carbonyl (C=O) groups excluding carboxylic acids is 1. The molecular formula is C18H34O4Si. The minimum Gasteiger partial charge on any atom is -0.410 e. The van der Waals surface area contributed by atoms with E-state index in [1.165, 1.54) is 0 Å². The molecule has 0 saturated heterocycles. The summed E-state index contributed by atoms with van der Waals surface area (Å²) in [7, 11) is -0.343. The van der Waals surface area contributed by atoms with Gasteiger partial charge in [0.05, 0.1) is 12.2 Å². The number of methoxy groups -OCH3 is 1. The Bertz CT molecular complexity index is 460. The SMILES string of the molecule is CCC(=O)C1=C[C@H](O[Si](C)(C)C(C)(C)C)C(C)(C)[C@H]1OCOC. The summed E-state index contributed by atoms with van der Waals surface area (Å²) in [5.41, 5.74) is 0.437. The van der Waals surface area contributed by atoms with Crippen LogP contribution in [-0.4, -0.2) is 40.2 Å². The quantitative estimate of drug-likeness (QED) is 0.511. The zero-order chi connectivity index (χ0) is 18.1. The van der Waals surface area contributed by atoms with Gasteiger partial charge in [-0.2, -0.15) is 0 Å². The van der Waals surface area contributed by atoms with Gasteiger partial charge in [-0.05, 0) is 24.2 Å². The Morgan fingerprint density at radius 1 is 1.30 bits per heavy atom. The van der Waals surface area contributed by atoms with Gasteiger partial charge in [-0.1, -0.05) is 41.5 Å². The van der Waals surface area contributed by atoms with Crippen LogP contribution < -0.4 is 0 Å². The van der Waals surface area contributed by atoms with Crippen molar-refractivity contribution in [3.8, 4) is 0 Å². The number of ketones is 1. The van der Waals surface area contributed by atoms with Gasteiger partial charge < -0.3 is 13.9 Å². The van der Waals surface area contributed by atoms with Gasteiger partial charge in [0.25, 0.3) is 0 Å². The van der Waals surface area contributed by atoms with Crippen LogP contribution in [0.1, 0.15) is 48.0 Å². The van der Waals surface area contributed by atoms with E-state index < -0.39 is 8.32 Å². The molecular weight excluding hydrogens is 308 g/mol. The molecule has 0 saturated carbocycles. The van der Waals surface area contributed by atoms with Crippen LogP contribution in [0, 0.1) is 5.41 Å². The molecule has 1 rings (SSSR count). The van der Waals surface area contributed by atoms with Crippen molar-refractivity contribution in [3.05, 3.63) is 11.6 Å². The number of Topliss-reactive ketones (excluding diaryl/α,β-unsaturated/α-hetero) is 1. The Kier molecular flexibility index (Phi) is 6.41. The lowest BCUT2D eigenvalue weighted by molar-refractivity contribution is -0.124. The molecule has 2 atom stereocenters. The monoisotopic (exact) mass is 342 g/mol. The van der Waals surface area contributed by atoms with Crippen molar-refractivity contribution in [3.63, 3.8) is 0 Å². The first-order valence-corrected chi connectivity index (χ1v) is 11.3. The summed E-state index contributed by atoms with van der Waals surface area (Å²) in [6.45, 7) is 17.4. The Balaban J connectivity index is 3.13. The summed E-state index contributed by atoms with van der Waals surface area (Å²) < 4.78 is 17.5. The molecule has 0 bridgehead atoms. The third-order valence-electron chi connectivity index (χ3n) is 5.25. The minimum absolute atomic E-state index is 0.115. The van der Waals surface area contributed by atoms with Crippen LogP contribution in [0.5, 0.6) is 0 Å². The average Bonchev–Trinajstić information content (AvgIpc) is 2.65. The fourth-order valence-corrected chi connectivity index (χ4v) is 3.94. The van der Waals surface area contributed by atoms with Crippen LogP contribution in [0.15, 0.2) is 11.6 Å². The molecule has 0 heterocycles. The molecule has 23 heavy (non-hydrogen) atoms. The number of hydrogen-bond donors (Lipinski definition) is 0. The van der Waals surface area contributed by atoms with Gasteiger partial charge in [0.15, 0.2) is 14.1 Å². The van der Waals surface area contributed by atoms with Crippen LogP contribution in [0.4, 0.5) is 0 Å². The van der Waals surface area contributed by atoms with Gasteiger partial charge in [-0.25, -0.2) is 0 Å². The zero-order valence-corrected chi connectivity index (χ0v) is 17.3. The van der Waals surface area contributed by atoms with E-state index in [9.17, 15) is 4.79 Å². The van der Waals surface area contributed by atoms with E-state index in [1.807, 2.05) is 13.0 Å². The molecule has 0 unspecified atom stereocenters. The third-order valence-corrected chi connectivity index (χ3v) is 9.70. The molecule has 4 nitrogen and oxygen atoms in total. The maximum atomic E-state index is 12.4. The van der Waals surface area contributed by atoms with Gasteiger partial charge >= 0.3 is 0 Å². The topological polar surface area (TPSA) is 44.8 Å². The number of ether oxygens (including phenoxy) is 2. The number of carbonyl (C=O) groups is 1. The molecule has 0 spiro atoms. The van der Waals surface area contributed by atoms with Crippen molar-refractivity contribution in [2.45, 2.75) is 78.3 Å². The van der Waals surface area contributed by atoms with Crippen molar-refractivity contribution < 1.29 is 18.7 Å². The molecule has 0 amide bonds. The molecule has 0 aromatic heterocycles. The van der Waals surface area contributed by atoms with Gasteiger partial charge in [0, 0.05) is 24.5 Å². The van der Waals surface area contributed by atoms with Crippen LogP contribution in [-0.2, 0) is 18.7 Å². The predicted octanol–water partition coefficient (Wildman–Crippen LogP) is 4.31. The normalized spacial score (nSPS) is 24.7. The summed E-state index contributed by atoms with van der Waals surface area (Å²) in [4.78, 5) is 12.4. The highest BCUT2D eigenvalue weighted by Gasteiger charge is 2.50. The highest BCUT2D eigenvalue weighted by atomic mass is 28.4. The Morgan fingerprint density at radius 3 is 2.30 bits per heavy atom. The van der Waals surface area contributed by atoms with Crippen molar-refractivity contribution in [1.82, 2.24) is 0 Å². The van der Waals surface area contributed by atoms with Crippen LogP contribution >= 0.6 is 0 Å². The average molecular weight is 343 g/mol. The fraction of sp³-hybridized carbons (Fsp3) is 0.833. The van der Waals surface area contributed by atoms with Gasteiger partial charge in [-0.3, -0.25) is 4.79 Å². The molecule has 0 aromatic rings. The predicted molar refractivity (Wildman–Crippen MR) is 96.0 cm³/mol. The largest absolute Gasteiger partial charge is 0.410 e. The second kappa shape index (κ2) is 7.17. The van der Waals surface area contributed by atoms with Crippen LogP contribution in [0.2, 0.25) is 18.1 Å². The first-order valence-electron chi connectivity index (χ1n) is 8.41. The number of rotatable bonds is 7. The molecule has 0 fully saturated rings. The lowest BCUT2D eigenvalue weighted by Crippen LogP contribution is -2.48. The Labute approximate surface area is 142 Å². The van der Waals surface area contributed by atoms with E-state index in [0.717, 1.165) is 5.57 Å². The van der Waals surface area contributed by atoms with E-state index >= 15 is 0 Å². The number of hydrogen-bond acceptors (Lipinski definition) is 4. The van der Waals surface area contributed by atoms with Crippen molar-refractivity contribution >= 4 is 14.1 Å². The lowest BCUT2D eigenvalue weighted by Gasteiger charge is -2.42. The van der Waals surface area contributed by atoms with E-state index in [2.05, 4.69) is 47.7 Å². The molecule has 0 aliphatic heterocycles.